The van der Waals surface area contributed by atoms with Crippen LogP contribution < -0.4 is 9.47 Å². The number of halogens is 8. The molecule has 0 N–H and O–H groups in total. The highest BCUT2D eigenvalue weighted by molar-refractivity contribution is 7.11. The van der Waals surface area contributed by atoms with E-state index in [4.69, 9.17) is 9.47 Å². The van der Waals surface area contributed by atoms with Crippen molar-refractivity contribution in [2.75, 3.05) is 14.2 Å². The number of carbonyl (C=O) groups excluding carboxylic acids is 2. The first kappa shape index (κ1) is 53.8. The van der Waals surface area contributed by atoms with Gasteiger partial charge < -0.3 is 18.9 Å². The summed E-state index contributed by atoms with van der Waals surface area (Å²) in [5.74, 6) is -2.41. The quantitative estimate of drug-likeness (QED) is 0.0744. The van der Waals surface area contributed by atoms with E-state index in [1.807, 2.05) is 24.3 Å². The van der Waals surface area contributed by atoms with Crippen LogP contribution in [0.1, 0.15) is 118 Å². The van der Waals surface area contributed by atoms with Crippen molar-refractivity contribution < 1.29 is 63.7 Å². The number of nitrogens with zero attached hydrogens (tertiary/aromatic N) is 8. The highest BCUT2D eigenvalue weighted by Crippen LogP contribution is 2.39. The molecule has 384 valence electrons. The first-order valence-electron chi connectivity index (χ1n) is 22.8. The van der Waals surface area contributed by atoms with Crippen LogP contribution in [0.4, 0.5) is 35.1 Å². The number of hydrogen-bond donors (Lipinski definition) is 0. The number of carbonyl (C=O) groups is 2. The van der Waals surface area contributed by atoms with Gasteiger partial charge in [-0.25, -0.2) is 8.78 Å². The van der Waals surface area contributed by atoms with Crippen LogP contribution in [0.25, 0.3) is 0 Å². The lowest BCUT2D eigenvalue weighted by atomic mass is 9.79. The number of hydrogen-bond acceptors (Lipinski definition) is 16. The Morgan fingerprint density at radius 3 is 1.26 bits per heavy atom. The van der Waals surface area contributed by atoms with E-state index in [1.54, 1.807) is 12.4 Å². The van der Waals surface area contributed by atoms with E-state index in [0.717, 1.165) is 122 Å². The lowest BCUT2D eigenvalue weighted by Crippen LogP contribution is -2.20. The number of Topliss-reactive ketones (excluding diaryl/α,β-unsaturated/α-hetero) is 2. The SMILES string of the molecule is CO[C@H](C(=O)Cc1nnc(CC2CCC(c3cccnn3)CC2)s1)c1cc(OC(F)(F)F)ccc1F.CO[C@H](C(=O)Cc1nnc(CC2CCC(c3cccnn3)CC2)s1)c1cc(OC(F)(F)F)ccc1F. The van der Waals surface area contributed by atoms with Gasteiger partial charge in [-0.05, 0) is 124 Å². The van der Waals surface area contributed by atoms with Crippen LogP contribution in [-0.2, 0) is 44.7 Å². The Hall–Kier alpha value is -5.98. The first-order valence-corrected chi connectivity index (χ1v) is 24.5. The maximum atomic E-state index is 14.3. The highest BCUT2D eigenvalue weighted by atomic mass is 32.1. The Morgan fingerprint density at radius 1 is 0.556 bits per heavy atom. The number of ketones is 2. The van der Waals surface area contributed by atoms with Crippen LogP contribution >= 0.6 is 22.7 Å². The average Bonchev–Trinajstić information content (AvgIpc) is 3.99. The van der Waals surface area contributed by atoms with E-state index in [-0.39, 0.29) is 24.0 Å². The monoisotopic (exact) mass is 1050 g/mol. The number of ether oxygens (including phenoxy) is 4. The molecule has 24 heteroatoms. The molecule has 0 radical (unpaired) electrons. The largest absolute Gasteiger partial charge is 0.573 e. The number of rotatable bonds is 18. The highest BCUT2D eigenvalue weighted by Gasteiger charge is 2.35. The van der Waals surface area contributed by atoms with E-state index in [1.165, 1.54) is 36.9 Å². The maximum absolute atomic E-state index is 14.3. The maximum Gasteiger partial charge on any atom is 0.573 e. The van der Waals surface area contributed by atoms with Gasteiger partial charge in [0.1, 0.15) is 55.4 Å². The molecule has 72 heavy (non-hydrogen) atoms. The van der Waals surface area contributed by atoms with E-state index < -0.39 is 59.6 Å². The zero-order valence-corrected chi connectivity index (χ0v) is 40.4. The molecule has 2 aromatic carbocycles. The van der Waals surface area contributed by atoms with Crippen molar-refractivity contribution in [3.05, 3.63) is 127 Å². The molecular weight excluding hydrogens is 1000 g/mol. The molecule has 2 aliphatic carbocycles. The standard InChI is InChI=1S/2C24H24F4N4O3S/c2*1-34-23(17-12-16(8-9-18(17)25)35-24(26,27)28)20(33)13-22-32-31-21(36-22)11-14-4-6-15(7-5-14)19-3-2-10-29-30-19/h2*2-3,8-10,12,14-15,23H,4-7,11,13H2,1H3/t2*14?,15?,23-/m00/s1. The Morgan fingerprint density at radius 2 is 0.931 bits per heavy atom. The van der Waals surface area contributed by atoms with Gasteiger partial charge in [-0.15, -0.1) is 69.4 Å². The van der Waals surface area contributed by atoms with Crippen molar-refractivity contribution in [1.82, 2.24) is 40.8 Å². The number of aromatic nitrogens is 8. The molecule has 0 spiro atoms. The molecule has 6 aromatic rings. The van der Waals surface area contributed by atoms with E-state index in [2.05, 4.69) is 50.3 Å². The van der Waals surface area contributed by atoms with E-state index in [0.29, 0.717) is 33.7 Å². The predicted octanol–water partition coefficient (Wildman–Crippen LogP) is 10.8. The molecule has 2 saturated carbocycles. The lowest BCUT2D eigenvalue weighted by molar-refractivity contribution is -0.275. The average molecular weight is 1050 g/mol. The fourth-order valence-corrected chi connectivity index (χ4v) is 10.9. The molecule has 2 aliphatic rings. The molecule has 0 bridgehead atoms. The normalized spacial score (nSPS) is 19.1. The third-order valence-electron chi connectivity index (χ3n) is 12.3. The fourth-order valence-electron chi connectivity index (χ4n) is 8.95. The van der Waals surface area contributed by atoms with Crippen LogP contribution in [0.5, 0.6) is 11.5 Å². The van der Waals surface area contributed by atoms with Crippen molar-refractivity contribution in [1.29, 1.82) is 0 Å². The van der Waals surface area contributed by atoms with Crippen LogP contribution in [0, 0.1) is 23.5 Å². The zero-order valence-electron chi connectivity index (χ0n) is 38.7. The molecular formula is C48H48F8N8O6S2. The second-order valence-electron chi connectivity index (χ2n) is 17.3. The molecule has 4 aromatic heterocycles. The van der Waals surface area contributed by atoms with Crippen LogP contribution in [0.3, 0.4) is 0 Å². The minimum absolute atomic E-state index is 0.181. The summed E-state index contributed by atoms with van der Waals surface area (Å²) in [5.41, 5.74) is 1.36. The molecule has 0 saturated heterocycles. The van der Waals surface area contributed by atoms with Crippen molar-refractivity contribution in [3.63, 3.8) is 0 Å². The van der Waals surface area contributed by atoms with Gasteiger partial charge in [-0.2, -0.15) is 20.4 Å². The van der Waals surface area contributed by atoms with Crippen LogP contribution in [0.2, 0.25) is 0 Å². The summed E-state index contributed by atoms with van der Waals surface area (Å²) in [6.07, 6.45) is -0.0749. The Labute approximate surface area is 415 Å². The van der Waals surface area contributed by atoms with Gasteiger partial charge in [0.15, 0.2) is 11.6 Å². The van der Waals surface area contributed by atoms with Crippen LogP contribution in [-0.4, -0.2) is 79.3 Å². The Balaban J connectivity index is 0.000000211. The molecule has 0 aliphatic heterocycles. The summed E-state index contributed by atoms with van der Waals surface area (Å²) in [6, 6.07) is 12.7. The molecule has 8 rings (SSSR count). The summed E-state index contributed by atoms with van der Waals surface area (Å²) in [6.45, 7) is 0. The number of methoxy groups -OCH3 is 2. The third-order valence-corrected chi connectivity index (χ3v) is 14.2. The topological polar surface area (TPSA) is 174 Å². The molecule has 2 fully saturated rings. The molecule has 2 atom stereocenters. The molecule has 14 nitrogen and oxygen atoms in total. The summed E-state index contributed by atoms with van der Waals surface area (Å²) < 4.78 is 122. The van der Waals surface area contributed by atoms with Gasteiger partial charge in [0.2, 0.25) is 0 Å². The van der Waals surface area contributed by atoms with Gasteiger partial charge in [0.05, 0.1) is 24.2 Å². The predicted molar refractivity (Wildman–Crippen MR) is 244 cm³/mol. The van der Waals surface area contributed by atoms with Crippen molar-refractivity contribution >= 4 is 34.2 Å². The van der Waals surface area contributed by atoms with Crippen molar-refractivity contribution in [2.45, 2.75) is 114 Å². The van der Waals surface area contributed by atoms with Crippen molar-refractivity contribution in [2.24, 2.45) is 11.8 Å². The summed E-state index contributed by atoms with van der Waals surface area (Å²) in [7, 11) is 2.37. The second-order valence-corrected chi connectivity index (χ2v) is 19.6. The Bertz CT molecular complexity index is 2520. The number of benzene rings is 2. The van der Waals surface area contributed by atoms with Crippen LogP contribution in [0.15, 0.2) is 73.1 Å². The van der Waals surface area contributed by atoms with E-state index >= 15 is 0 Å². The number of alkyl halides is 6. The smallest absolute Gasteiger partial charge is 0.406 e. The van der Waals surface area contributed by atoms with Gasteiger partial charge >= 0.3 is 12.7 Å². The minimum atomic E-state index is -4.94. The van der Waals surface area contributed by atoms with Gasteiger partial charge in [0, 0.05) is 62.4 Å². The van der Waals surface area contributed by atoms with Gasteiger partial charge in [-0.3, -0.25) is 9.59 Å². The first-order chi connectivity index (χ1) is 34.4. The van der Waals surface area contributed by atoms with Gasteiger partial charge in [-0.1, -0.05) is 0 Å². The molecule has 4 heterocycles. The third kappa shape index (κ3) is 15.5. The lowest BCUT2D eigenvalue weighted by Gasteiger charge is -2.27. The molecule has 0 unspecified atom stereocenters. The molecule has 0 amide bonds. The van der Waals surface area contributed by atoms with E-state index in [9.17, 15) is 44.7 Å². The van der Waals surface area contributed by atoms with Crippen molar-refractivity contribution in [3.8, 4) is 11.5 Å². The zero-order chi connectivity index (χ0) is 51.4. The van der Waals surface area contributed by atoms with Gasteiger partial charge in [0.25, 0.3) is 0 Å². The fraction of sp³-hybridized carbons (Fsp3) is 0.458. The summed E-state index contributed by atoms with van der Waals surface area (Å²) >= 11 is 2.60. The summed E-state index contributed by atoms with van der Waals surface area (Å²) in [5, 5.41) is 35.4. The minimum Gasteiger partial charge on any atom is -0.406 e. The summed E-state index contributed by atoms with van der Waals surface area (Å²) in [4.78, 5) is 25.7. The Kier molecular flexibility index (Phi) is 18.4. The second kappa shape index (κ2) is 24.6.